The van der Waals surface area contributed by atoms with Crippen molar-refractivity contribution in [2.24, 2.45) is 5.73 Å². The van der Waals surface area contributed by atoms with Gasteiger partial charge in [0.05, 0.1) is 16.0 Å². The van der Waals surface area contributed by atoms with E-state index in [1.54, 1.807) is 30.3 Å². The number of hydrogen-bond acceptors (Lipinski definition) is 4. The highest BCUT2D eigenvalue weighted by molar-refractivity contribution is 6.42. The number of nitrogens with zero attached hydrogens (tertiary/aromatic N) is 1. The van der Waals surface area contributed by atoms with Gasteiger partial charge in [0, 0.05) is 23.4 Å². The lowest BCUT2D eigenvalue weighted by Gasteiger charge is -2.34. The van der Waals surface area contributed by atoms with Gasteiger partial charge in [-0.05, 0) is 41.3 Å². The van der Waals surface area contributed by atoms with Crippen LogP contribution in [0.4, 0.5) is 0 Å². The molecule has 0 aromatic heterocycles. The second-order valence-electron chi connectivity index (χ2n) is 7.02. The number of halogens is 3. The predicted octanol–water partition coefficient (Wildman–Crippen LogP) is 5.86. The number of carbonyl (C=O) groups excluding carboxylic acids is 1. The maximum atomic E-state index is 13.2. The predicted molar refractivity (Wildman–Crippen MR) is 113 cm³/mol. The van der Waals surface area contributed by atoms with Crippen LogP contribution in [0.1, 0.15) is 35.8 Å². The Kier molecular flexibility index (Phi) is 5.31. The zero-order chi connectivity index (χ0) is 20.7. The van der Waals surface area contributed by atoms with E-state index in [1.807, 2.05) is 12.1 Å². The van der Waals surface area contributed by atoms with Gasteiger partial charge in [-0.2, -0.15) is 5.26 Å². The van der Waals surface area contributed by atoms with Gasteiger partial charge >= 0.3 is 0 Å². The van der Waals surface area contributed by atoms with Gasteiger partial charge in [0.1, 0.15) is 17.4 Å². The highest BCUT2D eigenvalue weighted by Gasteiger charge is 2.41. The third-order valence-electron chi connectivity index (χ3n) is 5.28. The normalized spacial score (nSPS) is 21.5. The molecule has 1 aliphatic heterocycles. The Bertz CT molecular complexity index is 1110. The summed E-state index contributed by atoms with van der Waals surface area (Å²) in [7, 11) is 0. The molecule has 0 saturated carbocycles. The largest absolute Gasteiger partial charge is 0.444 e. The number of ether oxygens (including phenoxy) is 1. The molecule has 29 heavy (non-hydrogen) atoms. The number of hydrogen-bond donors (Lipinski definition) is 1. The third kappa shape index (κ3) is 3.62. The van der Waals surface area contributed by atoms with Crippen LogP contribution >= 0.6 is 34.8 Å². The summed E-state index contributed by atoms with van der Waals surface area (Å²) in [6.45, 7) is 0. The molecule has 0 bridgehead atoms. The lowest BCUT2D eigenvalue weighted by Crippen LogP contribution is -2.29. The van der Waals surface area contributed by atoms with Crippen LogP contribution in [0.3, 0.4) is 0 Å². The van der Waals surface area contributed by atoms with Crippen LogP contribution in [-0.2, 0) is 9.53 Å². The molecule has 2 aromatic rings. The molecular formula is C22H15Cl3N2O2. The molecule has 0 unspecified atom stereocenters. The molecule has 4 rings (SSSR count). The molecule has 1 aliphatic carbocycles. The Hall–Kier alpha value is -2.45. The number of Topliss-reactive ketones (excluding diaryl/α,β-unsaturated/α-hetero) is 1. The molecule has 2 aromatic carbocycles. The summed E-state index contributed by atoms with van der Waals surface area (Å²) in [5.74, 6) is -0.259. The first-order valence-corrected chi connectivity index (χ1v) is 10.1. The summed E-state index contributed by atoms with van der Waals surface area (Å²) in [6.07, 6.45) is 0.806. The number of nitriles is 1. The van der Waals surface area contributed by atoms with E-state index < -0.39 is 5.92 Å². The SMILES string of the molecule is N#CC1=C(N)OC2=C(C(=O)C[C@@H](c3ccc(Cl)cc3)C2)[C@H]1c1ccc(Cl)c(Cl)c1. The van der Waals surface area contributed by atoms with Gasteiger partial charge < -0.3 is 10.5 Å². The number of allylic oxidation sites excluding steroid dienone is 3. The molecule has 7 heteroatoms. The Balaban J connectivity index is 1.79. The molecule has 2 atom stereocenters. The number of carbonyl (C=O) groups is 1. The zero-order valence-corrected chi connectivity index (χ0v) is 17.4. The van der Waals surface area contributed by atoms with Crippen LogP contribution in [0, 0.1) is 11.3 Å². The van der Waals surface area contributed by atoms with E-state index in [1.165, 1.54) is 0 Å². The van der Waals surface area contributed by atoms with Crippen molar-refractivity contribution in [3.05, 3.63) is 91.4 Å². The summed E-state index contributed by atoms with van der Waals surface area (Å²) in [5.41, 5.74) is 8.38. The van der Waals surface area contributed by atoms with Crippen molar-refractivity contribution in [2.75, 3.05) is 0 Å². The second-order valence-corrected chi connectivity index (χ2v) is 8.27. The highest BCUT2D eigenvalue weighted by Crippen LogP contribution is 2.47. The van der Waals surface area contributed by atoms with Crippen LogP contribution in [0.25, 0.3) is 0 Å². The molecule has 2 aliphatic rings. The van der Waals surface area contributed by atoms with E-state index in [4.69, 9.17) is 45.3 Å². The fourth-order valence-corrected chi connectivity index (χ4v) is 4.34. The summed E-state index contributed by atoms with van der Waals surface area (Å²) in [4.78, 5) is 13.2. The monoisotopic (exact) mass is 444 g/mol. The van der Waals surface area contributed by atoms with Crippen LogP contribution in [0.5, 0.6) is 0 Å². The maximum Gasteiger partial charge on any atom is 0.205 e. The van der Waals surface area contributed by atoms with E-state index in [-0.39, 0.29) is 23.2 Å². The van der Waals surface area contributed by atoms with Crippen molar-refractivity contribution in [3.8, 4) is 6.07 Å². The highest BCUT2D eigenvalue weighted by atomic mass is 35.5. The first-order valence-electron chi connectivity index (χ1n) is 8.93. The number of nitrogens with two attached hydrogens (primary N) is 1. The zero-order valence-electron chi connectivity index (χ0n) is 15.1. The number of rotatable bonds is 2. The van der Waals surface area contributed by atoms with Crippen molar-refractivity contribution in [3.63, 3.8) is 0 Å². The summed E-state index contributed by atoms with van der Waals surface area (Å²) in [5, 5.41) is 11.0. The molecule has 0 saturated heterocycles. The van der Waals surface area contributed by atoms with Crippen molar-refractivity contribution in [1.82, 2.24) is 0 Å². The number of ketones is 1. The fraction of sp³-hybridized carbons (Fsp3) is 0.182. The molecule has 0 radical (unpaired) electrons. The molecule has 4 nitrogen and oxygen atoms in total. The van der Waals surface area contributed by atoms with E-state index >= 15 is 0 Å². The second kappa shape index (κ2) is 7.76. The first-order chi connectivity index (χ1) is 13.9. The Morgan fingerprint density at radius 2 is 1.69 bits per heavy atom. The smallest absolute Gasteiger partial charge is 0.205 e. The molecule has 1 heterocycles. The van der Waals surface area contributed by atoms with Gasteiger partial charge in [-0.3, -0.25) is 4.79 Å². The van der Waals surface area contributed by atoms with E-state index in [2.05, 4.69) is 6.07 Å². The van der Waals surface area contributed by atoms with Gasteiger partial charge in [-0.1, -0.05) is 53.0 Å². The summed E-state index contributed by atoms with van der Waals surface area (Å²) < 4.78 is 5.75. The van der Waals surface area contributed by atoms with Gasteiger partial charge in [-0.25, -0.2) is 0 Å². The first kappa shape index (κ1) is 19.8. The summed E-state index contributed by atoms with van der Waals surface area (Å²) in [6, 6.07) is 14.6. The van der Waals surface area contributed by atoms with Crippen LogP contribution in [0.15, 0.2) is 65.3 Å². The molecule has 146 valence electrons. The van der Waals surface area contributed by atoms with Crippen LogP contribution in [-0.4, -0.2) is 5.78 Å². The van der Waals surface area contributed by atoms with Crippen molar-refractivity contribution in [2.45, 2.75) is 24.7 Å². The van der Waals surface area contributed by atoms with Crippen LogP contribution in [0.2, 0.25) is 15.1 Å². The van der Waals surface area contributed by atoms with Crippen molar-refractivity contribution in [1.29, 1.82) is 5.26 Å². The minimum atomic E-state index is -0.628. The molecule has 0 fully saturated rings. The maximum absolute atomic E-state index is 13.2. The average Bonchev–Trinajstić information content (AvgIpc) is 2.69. The Morgan fingerprint density at radius 1 is 1.00 bits per heavy atom. The van der Waals surface area contributed by atoms with Crippen LogP contribution < -0.4 is 5.73 Å². The molecule has 2 N–H and O–H groups in total. The standard InChI is InChI=1S/C22H15Cl3N2O2/c23-14-4-1-11(2-5-14)13-8-18(28)21-19(9-13)29-22(27)15(10-26)20(21)12-3-6-16(24)17(25)7-12/h1-7,13,20H,8-9,27H2/t13-,20+/m1/s1. The lowest BCUT2D eigenvalue weighted by molar-refractivity contribution is -0.117. The van der Waals surface area contributed by atoms with Gasteiger partial charge in [0.15, 0.2) is 5.78 Å². The topological polar surface area (TPSA) is 76.1 Å². The van der Waals surface area contributed by atoms with E-state index in [0.29, 0.717) is 44.8 Å². The average molecular weight is 446 g/mol. The molecular weight excluding hydrogens is 431 g/mol. The third-order valence-corrected chi connectivity index (χ3v) is 6.27. The molecule has 0 amide bonds. The van der Waals surface area contributed by atoms with E-state index in [0.717, 1.165) is 5.56 Å². The van der Waals surface area contributed by atoms with Gasteiger partial charge in [-0.15, -0.1) is 0 Å². The minimum Gasteiger partial charge on any atom is -0.444 e. The van der Waals surface area contributed by atoms with Crippen molar-refractivity contribution < 1.29 is 9.53 Å². The van der Waals surface area contributed by atoms with Gasteiger partial charge in [0.2, 0.25) is 5.88 Å². The van der Waals surface area contributed by atoms with Gasteiger partial charge in [0.25, 0.3) is 0 Å². The fourth-order valence-electron chi connectivity index (χ4n) is 3.90. The quantitative estimate of drug-likeness (QED) is 0.628. The van der Waals surface area contributed by atoms with E-state index in [9.17, 15) is 10.1 Å². The number of benzene rings is 2. The lowest BCUT2D eigenvalue weighted by atomic mass is 9.73. The minimum absolute atomic E-state index is 0.00637. The van der Waals surface area contributed by atoms with Crippen molar-refractivity contribution >= 4 is 40.6 Å². The Labute approximate surface area is 183 Å². The summed E-state index contributed by atoms with van der Waals surface area (Å²) >= 11 is 18.2. The molecule has 0 spiro atoms. The Morgan fingerprint density at radius 3 is 2.34 bits per heavy atom.